The van der Waals surface area contributed by atoms with Gasteiger partial charge in [-0.25, -0.2) is 4.57 Å². The van der Waals surface area contributed by atoms with E-state index in [9.17, 15) is 4.57 Å². The summed E-state index contributed by atoms with van der Waals surface area (Å²) in [5, 5.41) is 3.50. The van der Waals surface area contributed by atoms with Crippen LogP contribution in [0.25, 0.3) is 0 Å². The molecule has 0 aliphatic rings. The molecule has 0 saturated heterocycles. The van der Waals surface area contributed by atoms with Crippen molar-refractivity contribution in [2.24, 2.45) is 0 Å². The second kappa shape index (κ2) is 6.76. The fourth-order valence-corrected chi connectivity index (χ4v) is 3.57. The van der Waals surface area contributed by atoms with E-state index < -0.39 is 7.75 Å². The van der Waals surface area contributed by atoms with Crippen molar-refractivity contribution >= 4 is 25.0 Å². The van der Waals surface area contributed by atoms with Crippen LogP contribution in [0, 0.1) is 6.92 Å². The Balaban J connectivity index is 2.96. The first-order valence-corrected chi connectivity index (χ1v) is 8.15. The second-order valence-corrected chi connectivity index (χ2v) is 6.95. The van der Waals surface area contributed by atoms with Gasteiger partial charge in [0.15, 0.2) is 0 Å². The Bertz CT molecular complexity index is 463. The minimum atomic E-state index is -3.39. The molecule has 0 amide bonds. The van der Waals surface area contributed by atoms with Gasteiger partial charge in [0.05, 0.1) is 12.2 Å². The summed E-state index contributed by atoms with van der Waals surface area (Å²) in [4.78, 5) is 0. The Labute approximate surface area is 120 Å². The summed E-state index contributed by atoms with van der Waals surface area (Å²) < 4.78 is 23.5. The van der Waals surface area contributed by atoms with Gasteiger partial charge < -0.3 is 0 Å². The highest BCUT2D eigenvalue weighted by molar-refractivity contribution is 7.55. The van der Waals surface area contributed by atoms with Gasteiger partial charge in [0.25, 0.3) is 0 Å². The van der Waals surface area contributed by atoms with Gasteiger partial charge in [-0.05, 0) is 58.4 Å². The molecule has 0 spiro atoms. The summed E-state index contributed by atoms with van der Waals surface area (Å²) in [6.45, 7) is 9.13. The Morgan fingerprint density at radius 1 is 1.16 bits per heavy atom. The number of halogens is 1. The summed E-state index contributed by atoms with van der Waals surface area (Å²) in [6.07, 6.45) is -0.408. The molecule has 0 atom stereocenters. The summed E-state index contributed by atoms with van der Waals surface area (Å²) in [7, 11) is -3.39. The molecule has 0 radical (unpaired) electrons. The van der Waals surface area contributed by atoms with Crippen LogP contribution in [0.4, 0.5) is 5.69 Å². The molecule has 0 unspecified atom stereocenters. The van der Waals surface area contributed by atoms with E-state index in [2.05, 4.69) is 5.09 Å². The zero-order valence-electron chi connectivity index (χ0n) is 11.9. The van der Waals surface area contributed by atoms with Gasteiger partial charge in [-0.1, -0.05) is 11.6 Å². The first-order chi connectivity index (χ1) is 8.72. The van der Waals surface area contributed by atoms with E-state index in [0.29, 0.717) is 10.7 Å². The fraction of sp³-hybridized carbons (Fsp3) is 0.538. The molecule has 1 aromatic rings. The molecule has 4 nitrogen and oxygen atoms in total. The van der Waals surface area contributed by atoms with Crippen molar-refractivity contribution in [1.29, 1.82) is 0 Å². The Hall–Kier alpha value is -0.540. The van der Waals surface area contributed by atoms with Gasteiger partial charge in [0.1, 0.15) is 0 Å². The van der Waals surface area contributed by atoms with E-state index in [1.54, 1.807) is 18.2 Å². The predicted molar refractivity (Wildman–Crippen MR) is 79.9 cm³/mol. The molecule has 0 saturated carbocycles. The third-order valence-corrected chi connectivity index (χ3v) is 4.29. The highest BCUT2D eigenvalue weighted by atomic mass is 35.5. The maximum atomic E-state index is 12.7. The number of nitrogens with one attached hydrogen (secondary N) is 1. The second-order valence-electron chi connectivity index (χ2n) is 4.88. The molecule has 108 valence electrons. The monoisotopic (exact) mass is 305 g/mol. The number of hydrogen-bond acceptors (Lipinski definition) is 3. The van der Waals surface area contributed by atoms with Crippen molar-refractivity contribution in [2.75, 3.05) is 5.09 Å². The molecule has 0 fully saturated rings. The minimum Gasteiger partial charge on any atom is -0.293 e. The Morgan fingerprint density at radius 3 is 2.11 bits per heavy atom. The zero-order chi connectivity index (χ0) is 14.6. The highest BCUT2D eigenvalue weighted by Gasteiger charge is 2.28. The first kappa shape index (κ1) is 16.5. The highest BCUT2D eigenvalue weighted by Crippen LogP contribution is 2.50. The lowest BCUT2D eigenvalue weighted by Crippen LogP contribution is -2.13. The largest absolute Gasteiger partial charge is 0.433 e. The molecule has 0 aromatic heterocycles. The summed E-state index contributed by atoms with van der Waals surface area (Å²) in [6, 6.07) is 5.28. The van der Waals surface area contributed by atoms with Gasteiger partial charge >= 0.3 is 7.75 Å². The summed E-state index contributed by atoms with van der Waals surface area (Å²) in [5.74, 6) is 0. The fourth-order valence-electron chi connectivity index (χ4n) is 1.53. The molecule has 1 aromatic carbocycles. The predicted octanol–water partition coefficient (Wildman–Crippen LogP) is 5.02. The molecular weight excluding hydrogens is 285 g/mol. The van der Waals surface area contributed by atoms with E-state index >= 15 is 0 Å². The standard InChI is InChI=1S/C13H21ClNO3P/c1-9(2)17-19(16,18-10(3)4)15-13-7-6-12(14)8-11(13)5/h6-10H,1-5H3,(H,15,16). The van der Waals surface area contributed by atoms with Crippen molar-refractivity contribution in [3.05, 3.63) is 28.8 Å². The molecule has 19 heavy (non-hydrogen) atoms. The normalized spacial score (nSPS) is 12.2. The molecule has 0 aliphatic heterocycles. The van der Waals surface area contributed by atoms with E-state index in [0.717, 1.165) is 5.56 Å². The summed E-state index contributed by atoms with van der Waals surface area (Å²) in [5.41, 5.74) is 1.57. The van der Waals surface area contributed by atoms with Crippen molar-refractivity contribution in [2.45, 2.75) is 46.8 Å². The smallest absolute Gasteiger partial charge is 0.293 e. The van der Waals surface area contributed by atoms with Crippen LogP contribution >= 0.6 is 19.3 Å². The number of benzene rings is 1. The Kier molecular flexibility index (Phi) is 5.87. The van der Waals surface area contributed by atoms with Crippen LogP contribution in [0.15, 0.2) is 18.2 Å². The number of anilines is 1. The lowest BCUT2D eigenvalue weighted by atomic mass is 10.2. The van der Waals surface area contributed by atoms with Crippen molar-refractivity contribution in [3.8, 4) is 0 Å². The van der Waals surface area contributed by atoms with Gasteiger partial charge in [0.2, 0.25) is 0 Å². The van der Waals surface area contributed by atoms with E-state index in [-0.39, 0.29) is 12.2 Å². The first-order valence-electron chi connectivity index (χ1n) is 6.23. The van der Waals surface area contributed by atoms with Gasteiger partial charge in [-0.2, -0.15) is 0 Å². The van der Waals surface area contributed by atoms with Crippen molar-refractivity contribution in [3.63, 3.8) is 0 Å². The van der Waals surface area contributed by atoms with Crippen molar-refractivity contribution < 1.29 is 13.6 Å². The van der Waals surface area contributed by atoms with E-state index in [1.165, 1.54) is 0 Å². The zero-order valence-corrected chi connectivity index (χ0v) is 13.6. The quantitative estimate of drug-likeness (QED) is 0.750. The van der Waals surface area contributed by atoms with Crippen LogP contribution in [-0.2, 0) is 13.6 Å². The summed E-state index contributed by atoms with van der Waals surface area (Å²) >= 11 is 5.90. The molecule has 6 heteroatoms. The average Bonchev–Trinajstić information content (AvgIpc) is 2.19. The Morgan fingerprint density at radius 2 is 1.68 bits per heavy atom. The van der Waals surface area contributed by atoms with Crippen LogP contribution < -0.4 is 5.09 Å². The maximum absolute atomic E-state index is 12.7. The van der Waals surface area contributed by atoms with Crippen LogP contribution in [0.3, 0.4) is 0 Å². The van der Waals surface area contributed by atoms with Crippen molar-refractivity contribution in [1.82, 2.24) is 0 Å². The third kappa shape index (κ3) is 5.53. The number of aryl methyl sites for hydroxylation is 1. The van der Waals surface area contributed by atoms with Crippen LogP contribution in [0.5, 0.6) is 0 Å². The van der Waals surface area contributed by atoms with Crippen LogP contribution in [0.2, 0.25) is 5.02 Å². The van der Waals surface area contributed by atoms with Gasteiger partial charge in [0, 0.05) is 10.7 Å². The number of rotatable bonds is 6. The lowest BCUT2D eigenvalue weighted by molar-refractivity contribution is 0.146. The molecule has 0 heterocycles. The van der Waals surface area contributed by atoms with Crippen LogP contribution in [-0.4, -0.2) is 12.2 Å². The topological polar surface area (TPSA) is 47.6 Å². The minimum absolute atomic E-state index is 0.204. The molecule has 0 aliphatic carbocycles. The third-order valence-electron chi connectivity index (χ3n) is 2.15. The van der Waals surface area contributed by atoms with Gasteiger partial charge in [-0.15, -0.1) is 0 Å². The molecule has 1 N–H and O–H groups in total. The number of hydrogen-bond donors (Lipinski definition) is 1. The lowest BCUT2D eigenvalue weighted by Gasteiger charge is -2.24. The molecule has 1 rings (SSSR count). The van der Waals surface area contributed by atoms with E-state index in [4.69, 9.17) is 20.6 Å². The maximum Gasteiger partial charge on any atom is 0.433 e. The van der Waals surface area contributed by atoms with E-state index in [1.807, 2.05) is 34.6 Å². The molecular formula is C13H21ClNO3P. The van der Waals surface area contributed by atoms with Crippen LogP contribution in [0.1, 0.15) is 33.3 Å². The average molecular weight is 306 g/mol. The van der Waals surface area contributed by atoms with Gasteiger partial charge in [-0.3, -0.25) is 14.1 Å². The SMILES string of the molecule is Cc1cc(Cl)ccc1NP(=O)(OC(C)C)OC(C)C. The molecule has 0 bridgehead atoms.